The normalized spacial score (nSPS) is 15.5. The first-order valence-electron chi connectivity index (χ1n) is 45.1. The van der Waals surface area contributed by atoms with Crippen LogP contribution in [0.25, 0.3) is 94.3 Å². The van der Waals surface area contributed by atoms with Crippen LogP contribution in [0.3, 0.4) is 0 Å². The monoisotopic (exact) mass is 1400 g/mol. The average Bonchev–Trinajstić information content (AvgIpc) is 0.669. The highest BCUT2D eigenvalue weighted by atomic mass is 16.5. The highest BCUT2D eigenvalue weighted by Crippen LogP contribution is 2.57. The van der Waals surface area contributed by atoms with Gasteiger partial charge < -0.3 is 28.7 Å². The minimum absolute atomic E-state index is 0.0139. The van der Waals surface area contributed by atoms with Crippen molar-refractivity contribution in [3.63, 3.8) is 0 Å². The molecule has 17 aromatic rings. The Morgan fingerprint density at radius 1 is 0.306 bits per heavy atom. The molecule has 0 saturated heterocycles. The second-order valence-electron chi connectivity index (χ2n) is 28.7. The maximum absolute atomic E-state index is 11.9. The number of ether oxygens (including phenoxy) is 2. The topological polar surface area (TPSA) is 33.1 Å². The van der Waals surface area contributed by atoms with Crippen LogP contribution >= 0.6 is 0 Å². The largest absolute Gasteiger partial charge is 0.459 e. The van der Waals surface area contributed by atoms with Crippen LogP contribution in [0.15, 0.2) is 357 Å². The Balaban J connectivity index is 0.963. The van der Waals surface area contributed by atoms with Gasteiger partial charge in [0.2, 0.25) is 0 Å². The number of fused-ring (bicyclic) bond motifs is 8. The average molecular weight is 1400 g/mol. The standard InChI is InChI=1S/C100H68B2N4O2/c1-100(2,3)69-59-85-91-86(60-69)106(98-75(67-39-18-8-19-40-67)49-28-50-76(98)68-41-20-9-21-42-68)87-62-90-95-99(108-89-56-30-54-83-93(89)102(95)92-82(53-29-55-88(92)107-90)104(83)96-71(63-31-10-4-11-32-63)45-26-46-72(96)64-33-12-5-13-34-64)94(87)101(91)79-58-57-70(103-80-51-24-22-43-77(80)78-44-23-25-52-81(78)103)61-84(79)105(85)97-73(65-35-14-6-15-36-65)47-27-48-74(97)66-37-16-7-17-38-66/h4-62H,1-3H3/i22D,23D,24D,25D,29D,30D,43D,44D,51D,52D,53D,54D,55D,56D,57D,58D,61D,62D. The van der Waals surface area contributed by atoms with E-state index in [1.54, 1.807) is 4.90 Å². The van der Waals surface area contributed by atoms with Crippen LogP contribution in [-0.2, 0) is 5.41 Å². The third-order valence-electron chi connectivity index (χ3n) is 21.8. The minimum atomic E-state index is -1.52. The van der Waals surface area contributed by atoms with E-state index in [1.807, 2.05) is 246 Å². The first-order valence-corrected chi connectivity index (χ1v) is 36.1. The van der Waals surface area contributed by atoms with Gasteiger partial charge in [-0.15, -0.1) is 0 Å². The summed E-state index contributed by atoms with van der Waals surface area (Å²) in [6.07, 6.45) is 0. The summed E-state index contributed by atoms with van der Waals surface area (Å²) < 4.78 is 202. The van der Waals surface area contributed by atoms with Crippen LogP contribution in [0.5, 0.6) is 23.0 Å². The second-order valence-corrected chi connectivity index (χ2v) is 28.7. The number of hydrogen-bond acceptors (Lipinski definition) is 5. The summed E-state index contributed by atoms with van der Waals surface area (Å²) in [5.41, 5.74) is 9.96. The Morgan fingerprint density at radius 2 is 0.694 bits per heavy atom. The van der Waals surface area contributed by atoms with E-state index < -0.39 is 138 Å². The van der Waals surface area contributed by atoms with Gasteiger partial charge in [0.05, 0.1) is 52.8 Å². The maximum Gasteiger partial charge on any atom is 0.266 e. The van der Waals surface area contributed by atoms with Crippen LogP contribution < -0.4 is 57.0 Å². The molecule has 108 heavy (non-hydrogen) atoms. The molecule has 22 rings (SSSR count). The van der Waals surface area contributed by atoms with Crippen molar-refractivity contribution in [3.8, 4) is 95.4 Å². The SMILES string of the molecule is [2H]c1c([2H])c2c3c(c1[2H])N(c1c(-c4ccccc4)cccc1-c1ccccc1)c1c([2H])c([2H])c([2H])c4c1B3c1c(c([2H])c3c(c1O4)B1c4c(cc(C(C)(C)C)cc4N3c3c(-c4ccccc4)cccc3-c3ccccc3)N(c3c(-c4ccccc4)cccc3-c3ccccc3)c3c([2H])c(-n4c5c([2H])c([2H])c([2H])c([2H])c5c5c([2H])c([2H])c([2H])c([2H])c54)c([2H])c([2H])c31)O2. The van der Waals surface area contributed by atoms with Crippen molar-refractivity contribution in [3.05, 3.63) is 363 Å². The van der Waals surface area contributed by atoms with Crippen molar-refractivity contribution >= 4 is 119 Å². The molecular weight excluding hydrogens is 1310 g/mol. The highest BCUT2D eigenvalue weighted by Gasteiger charge is 2.54. The van der Waals surface area contributed by atoms with Crippen molar-refractivity contribution in [2.24, 2.45) is 0 Å². The van der Waals surface area contributed by atoms with Gasteiger partial charge in [0.1, 0.15) is 23.0 Å². The molecule has 0 fully saturated rings. The van der Waals surface area contributed by atoms with Gasteiger partial charge in [-0.3, -0.25) is 0 Å². The van der Waals surface area contributed by atoms with Crippen LogP contribution in [0.2, 0.25) is 0 Å². The van der Waals surface area contributed by atoms with Gasteiger partial charge in [0.15, 0.2) is 0 Å². The summed E-state index contributed by atoms with van der Waals surface area (Å²) in [6.45, 7) is 3.33. The molecule has 0 saturated carbocycles. The zero-order valence-electron chi connectivity index (χ0n) is 76.4. The van der Waals surface area contributed by atoms with Crippen molar-refractivity contribution in [2.75, 3.05) is 14.7 Å². The Morgan fingerprint density at radius 3 is 1.11 bits per heavy atom. The molecule has 6 nitrogen and oxygen atoms in total. The molecule has 0 aliphatic carbocycles. The summed E-state index contributed by atoms with van der Waals surface area (Å²) in [7, 11) is 0. The Bertz CT molecular complexity index is 7430. The molecule has 0 atom stereocenters. The van der Waals surface area contributed by atoms with Crippen molar-refractivity contribution in [2.45, 2.75) is 26.2 Å². The molecule has 5 aliphatic heterocycles. The molecule has 0 bridgehead atoms. The molecular formula is C100H68B2N4O2. The zero-order valence-corrected chi connectivity index (χ0v) is 58.4. The first-order chi connectivity index (χ1) is 60.8. The van der Waals surface area contributed by atoms with E-state index in [4.69, 9.17) is 12.2 Å². The molecule has 16 aromatic carbocycles. The Hall–Kier alpha value is -13.6. The lowest BCUT2D eigenvalue weighted by atomic mass is 9.29. The molecule has 5 aliphatic rings. The van der Waals surface area contributed by atoms with E-state index in [0.29, 0.717) is 84.0 Å². The molecule has 0 unspecified atom stereocenters. The predicted molar refractivity (Wildman–Crippen MR) is 452 cm³/mol. The molecule has 506 valence electrons. The van der Waals surface area contributed by atoms with Gasteiger partial charge in [0, 0.05) is 95.5 Å². The summed E-state index contributed by atoms with van der Waals surface area (Å²) in [4.78, 5) is 5.68. The number of para-hydroxylation sites is 5. The summed E-state index contributed by atoms with van der Waals surface area (Å²) in [5.74, 6) is -0.662. The second kappa shape index (κ2) is 24.0. The lowest BCUT2D eigenvalue weighted by molar-refractivity contribution is 0.466. The van der Waals surface area contributed by atoms with E-state index in [2.05, 4.69) is 32.9 Å². The van der Waals surface area contributed by atoms with Gasteiger partial charge in [-0.2, -0.15) is 0 Å². The van der Waals surface area contributed by atoms with Gasteiger partial charge in [-0.1, -0.05) is 312 Å². The number of anilines is 9. The Kier molecular flexibility index (Phi) is 10.3. The number of aromatic nitrogens is 1. The minimum Gasteiger partial charge on any atom is -0.459 e. The van der Waals surface area contributed by atoms with Gasteiger partial charge >= 0.3 is 0 Å². The quantitative estimate of drug-likeness (QED) is 0.127. The number of nitrogens with zero attached hydrogens (tertiary/aromatic N) is 4. The molecule has 6 heterocycles. The van der Waals surface area contributed by atoms with Crippen molar-refractivity contribution < 1.29 is 34.1 Å². The smallest absolute Gasteiger partial charge is 0.266 e. The molecule has 0 spiro atoms. The van der Waals surface area contributed by atoms with Crippen LogP contribution in [0.1, 0.15) is 51.0 Å². The van der Waals surface area contributed by atoms with E-state index >= 15 is 0 Å². The number of benzene rings is 16. The molecule has 0 amide bonds. The Labute approximate surface area is 654 Å². The lowest BCUT2D eigenvalue weighted by Crippen LogP contribution is -2.66. The van der Waals surface area contributed by atoms with Gasteiger partial charge in [-0.25, -0.2) is 0 Å². The van der Waals surface area contributed by atoms with Crippen molar-refractivity contribution in [1.29, 1.82) is 0 Å². The predicted octanol–water partition coefficient (Wildman–Crippen LogP) is 22.7. The fraction of sp³-hybridized carbons (Fsp3) is 0.0400. The lowest BCUT2D eigenvalue weighted by Gasteiger charge is -2.48. The van der Waals surface area contributed by atoms with E-state index in [1.165, 1.54) is 0 Å². The highest BCUT2D eigenvalue weighted by molar-refractivity contribution is 7.04. The van der Waals surface area contributed by atoms with E-state index in [-0.39, 0.29) is 89.9 Å². The van der Waals surface area contributed by atoms with Crippen LogP contribution in [0, 0.1) is 0 Å². The fourth-order valence-electron chi connectivity index (χ4n) is 17.2. The summed E-state index contributed by atoms with van der Waals surface area (Å²) in [5, 5.41) is -0.641. The third kappa shape index (κ3) is 9.23. The molecule has 8 heteroatoms. The van der Waals surface area contributed by atoms with Gasteiger partial charge in [-0.05, 0) is 132 Å². The first kappa shape index (κ1) is 46.3. The third-order valence-corrected chi connectivity index (χ3v) is 21.8. The molecule has 0 radical (unpaired) electrons. The molecule has 1 aromatic heterocycles. The van der Waals surface area contributed by atoms with E-state index in [9.17, 15) is 21.9 Å². The van der Waals surface area contributed by atoms with Crippen molar-refractivity contribution in [1.82, 2.24) is 4.57 Å². The fourth-order valence-corrected chi connectivity index (χ4v) is 17.2. The number of hydrogen-bond donors (Lipinski definition) is 0. The van der Waals surface area contributed by atoms with Gasteiger partial charge in [0.25, 0.3) is 13.4 Å². The van der Waals surface area contributed by atoms with E-state index in [0.717, 1.165) is 26.8 Å². The maximum atomic E-state index is 11.9. The number of rotatable bonds is 10. The summed E-state index contributed by atoms with van der Waals surface area (Å²) >= 11 is 0. The zero-order chi connectivity index (χ0) is 87.1. The van der Waals surface area contributed by atoms with Crippen LogP contribution in [0.4, 0.5) is 51.2 Å². The van der Waals surface area contributed by atoms with Crippen LogP contribution in [-0.4, -0.2) is 18.0 Å². The molecule has 0 N–H and O–H groups in total. The summed E-state index contributed by atoms with van der Waals surface area (Å²) in [6, 6.07) is 69.0.